The van der Waals surface area contributed by atoms with Gasteiger partial charge in [0.05, 0.1) is 17.2 Å². The van der Waals surface area contributed by atoms with E-state index in [0.717, 1.165) is 29.4 Å². The van der Waals surface area contributed by atoms with Gasteiger partial charge in [-0.1, -0.05) is 25.1 Å². The minimum atomic E-state index is -0.568. The molecule has 0 aliphatic carbocycles. The lowest BCUT2D eigenvalue weighted by Crippen LogP contribution is -2.46. The smallest absolute Gasteiger partial charge is 0.254 e. The molecule has 1 fully saturated rings. The van der Waals surface area contributed by atoms with Crippen molar-refractivity contribution in [3.8, 4) is 0 Å². The van der Waals surface area contributed by atoms with Crippen molar-refractivity contribution >= 4 is 33.6 Å². The Bertz CT molecular complexity index is 1080. The fourth-order valence-corrected chi connectivity index (χ4v) is 4.30. The molecule has 3 aromatic rings. The van der Waals surface area contributed by atoms with Crippen LogP contribution in [0.3, 0.4) is 0 Å². The fraction of sp³-hybridized carbons (Fsp3) is 0.364. The van der Waals surface area contributed by atoms with Crippen LogP contribution in [0.15, 0.2) is 30.3 Å². The number of aromatic amines is 1. The highest BCUT2D eigenvalue weighted by atomic mass is 16.5. The average molecular weight is 394 g/mol. The third-order valence-corrected chi connectivity index (χ3v) is 5.70. The monoisotopic (exact) mass is 394 g/mol. The molecule has 0 saturated carbocycles. The summed E-state index contributed by atoms with van der Waals surface area (Å²) in [6.45, 7) is 4.72. The number of ether oxygens (including phenoxy) is 1. The van der Waals surface area contributed by atoms with Crippen molar-refractivity contribution in [2.24, 2.45) is 5.73 Å². The Morgan fingerprint density at radius 2 is 1.93 bits per heavy atom. The minimum Gasteiger partial charge on any atom is -0.377 e. The highest BCUT2D eigenvalue weighted by Crippen LogP contribution is 2.37. The molecule has 1 aliphatic rings. The first-order valence-corrected chi connectivity index (χ1v) is 9.96. The maximum absolute atomic E-state index is 13.5. The van der Waals surface area contributed by atoms with E-state index in [4.69, 9.17) is 10.5 Å². The molecular formula is C22H26N4O3. The number of hydrogen-bond donors (Lipinski definition) is 3. The second kappa shape index (κ2) is 7.85. The lowest BCUT2D eigenvalue weighted by Gasteiger charge is -2.29. The molecule has 1 aromatic heterocycles. The van der Waals surface area contributed by atoms with Gasteiger partial charge in [0.1, 0.15) is 0 Å². The summed E-state index contributed by atoms with van der Waals surface area (Å²) in [5, 5.41) is 5.04. The molecule has 1 atom stereocenters. The number of nitrogens with two attached hydrogens (primary N) is 1. The fourth-order valence-electron chi connectivity index (χ4n) is 4.30. The van der Waals surface area contributed by atoms with E-state index < -0.39 is 12.0 Å². The summed E-state index contributed by atoms with van der Waals surface area (Å²) < 4.78 is 5.67. The molecule has 2 amide bonds. The molecule has 152 valence electrons. The topological polar surface area (TPSA) is 100 Å². The van der Waals surface area contributed by atoms with Crippen LogP contribution in [0.5, 0.6) is 0 Å². The minimum absolute atomic E-state index is 0.0910. The summed E-state index contributed by atoms with van der Waals surface area (Å²) in [6.07, 6.45) is 0.208. The standard InChI is InChI=1S/C22H26N4O3/c1-3-17(29-2)18-15(22(28)26-10-8-24-9-11-26)12-14-13-6-4-5-7-16(13)25-20(14)19(18)21(23)27/h4-7,12,17,24-25H,3,8-11H2,1-2H3,(H2,23,27). The number of H-pyrrole nitrogens is 1. The third kappa shape index (κ3) is 3.26. The van der Waals surface area contributed by atoms with Crippen LogP contribution in [0.25, 0.3) is 21.8 Å². The molecule has 4 rings (SSSR count). The van der Waals surface area contributed by atoms with Crippen LogP contribution in [0.2, 0.25) is 0 Å². The van der Waals surface area contributed by atoms with Gasteiger partial charge in [-0.15, -0.1) is 0 Å². The number of aromatic nitrogens is 1. The van der Waals surface area contributed by atoms with E-state index in [9.17, 15) is 9.59 Å². The van der Waals surface area contributed by atoms with Crippen molar-refractivity contribution in [2.45, 2.75) is 19.4 Å². The molecule has 2 heterocycles. The molecule has 0 radical (unpaired) electrons. The second-order valence-corrected chi connectivity index (χ2v) is 7.34. The van der Waals surface area contributed by atoms with Crippen molar-refractivity contribution in [1.29, 1.82) is 0 Å². The molecule has 0 spiro atoms. The lowest BCUT2D eigenvalue weighted by molar-refractivity contribution is 0.0712. The zero-order chi connectivity index (χ0) is 20.5. The van der Waals surface area contributed by atoms with Gasteiger partial charge >= 0.3 is 0 Å². The van der Waals surface area contributed by atoms with Crippen molar-refractivity contribution in [3.63, 3.8) is 0 Å². The van der Waals surface area contributed by atoms with E-state index in [1.807, 2.05) is 42.2 Å². The molecule has 7 nitrogen and oxygen atoms in total. The highest BCUT2D eigenvalue weighted by molar-refractivity contribution is 6.18. The number of nitrogens with zero attached hydrogens (tertiary/aromatic N) is 1. The van der Waals surface area contributed by atoms with Gasteiger partial charge in [0.15, 0.2) is 0 Å². The number of fused-ring (bicyclic) bond motifs is 3. The Hall–Kier alpha value is -2.90. The van der Waals surface area contributed by atoms with E-state index in [0.29, 0.717) is 41.7 Å². The van der Waals surface area contributed by atoms with Gasteiger partial charge in [0, 0.05) is 60.7 Å². The van der Waals surface area contributed by atoms with Gasteiger partial charge in [0.2, 0.25) is 0 Å². The van der Waals surface area contributed by atoms with Gasteiger partial charge in [0.25, 0.3) is 11.8 Å². The molecular weight excluding hydrogens is 368 g/mol. The van der Waals surface area contributed by atoms with E-state index >= 15 is 0 Å². The van der Waals surface area contributed by atoms with Crippen LogP contribution < -0.4 is 11.1 Å². The van der Waals surface area contributed by atoms with Gasteiger partial charge in [-0.25, -0.2) is 0 Å². The Labute approximate surface area is 169 Å². The first-order valence-electron chi connectivity index (χ1n) is 9.96. The summed E-state index contributed by atoms with van der Waals surface area (Å²) in [4.78, 5) is 31.3. The van der Waals surface area contributed by atoms with Gasteiger partial charge in [-0.2, -0.15) is 0 Å². The summed E-state index contributed by atoms with van der Waals surface area (Å²) in [7, 11) is 1.59. The number of carbonyl (C=O) groups excluding carboxylic acids is 2. The average Bonchev–Trinajstić information content (AvgIpc) is 3.12. The molecule has 29 heavy (non-hydrogen) atoms. The third-order valence-electron chi connectivity index (χ3n) is 5.70. The second-order valence-electron chi connectivity index (χ2n) is 7.34. The van der Waals surface area contributed by atoms with Crippen LogP contribution in [0.4, 0.5) is 0 Å². The SMILES string of the molecule is CCC(OC)c1c(C(=O)N2CCNCC2)cc2c([nH]c3ccccc32)c1C(N)=O. The van der Waals surface area contributed by atoms with E-state index in [2.05, 4.69) is 10.3 Å². The number of piperazine rings is 1. The number of nitrogens with one attached hydrogen (secondary N) is 2. The maximum Gasteiger partial charge on any atom is 0.254 e. The molecule has 7 heteroatoms. The van der Waals surface area contributed by atoms with Gasteiger partial charge in [-0.05, 0) is 18.6 Å². The first kappa shape index (κ1) is 19.4. The molecule has 0 bridgehead atoms. The molecule has 1 aliphatic heterocycles. The summed E-state index contributed by atoms with van der Waals surface area (Å²) >= 11 is 0. The van der Waals surface area contributed by atoms with E-state index in [1.165, 1.54) is 0 Å². The van der Waals surface area contributed by atoms with Crippen LogP contribution in [-0.2, 0) is 4.74 Å². The number of benzene rings is 2. The normalized spacial score (nSPS) is 15.7. The molecule has 1 unspecified atom stereocenters. The van der Waals surface area contributed by atoms with E-state index in [-0.39, 0.29) is 5.91 Å². The van der Waals surface area contributed by atoms with Crippen molar-refractivity contribution in [2.75, 3.05) is 33.3 Å². The lowest BCUT2D eigenvalue weighted by atomic mass is 9.90. The number of amides is 2. The van der Waals surface area contributed by atoms with Crippen LogP contribution >= 0.6 is 0 Å². The highest BCUT2D eigenvalue weighted by Gasteiger charge is 2.30. The zero-order valence-electron chi connectivity index (χ0n) is 16.7. The van der Waals surface area contributed by atoms with Crippen LogP contribution in [0, 0.1) is 0 Å². The quantitative estimate of drug-likeness (QED) is 0.619. The van der Waals surface area contributed by atoms with E-state index in [1.54, 1.807) is 7.11 Å². The number of rotatable bonds is 5. The number of methoxy groups -OCH3 is 1. The summed E-state index contributed by atoms with van der Waals surface area (Å²) in [6, 6.07) is 9.69. The molecule has 4 N–H and O–H groups in total. The molecule has 1 saturated heterocycles. The predicted octanol–water partition coefficient (Wildman–Crippen LogP) is 2.56. The largest absolute Gasteiger partial charge is 0.377 e. The Morgan fingerprint density at radius 1 is 1.21 bits per heavy atom. The molecule has 2 aromatic carbocycles. The maximum atomic E-state index is 13.5. The van der Waals surface area contributed by atoms with Crippen LogP contribution in [0.1, 0.15) is 45.7 Å². The number of para-hydroxylation sites is 1. The number of carbonyl (C=O) groups is 2. The first-order chi connectivity index (χ1) is 14.1. The Morgan fingerprint density at radius 3 is 2.59 bits per heavy atom. The summed E-state index contributed by atoms with van der Waals surface area (Å²) in [5.41, 5.74) is 8.80. The number of primary amides is 1. The van der Waals surface area contributed by atoms with Crippen molar-refractivity contribution in [3.05, 3.63) is 47.0 Å². The number of hydrogen-bond acceptors (Lipinski definition) is 4. The predicted molar refractivity (Wildman–Crippen MR) is 113 cm³/mol. The van der Waals surface area contributed by atoms with Gasteiger partial charge in [-0.3, -0.25) is 9.59 Å². The Kier molecular flexibility index (Phi) is 5.25. The zero-order valence-corrected chi connectivity index (χ0v) is 16.7. The summed E-state index contributed by atoms with van der Waals surface area (Å²) in [5.74, 6) is -0.659. The van der Waals surface area contributed by atoms with Crippen molar-refractivity contribution in [1.82, 2.24) is 15.2 Å². The van der Waals surface area contributed by atoms with Gasteiger partial charge < -0.3 is 25.7 Å². The van der Waals surface area contributed by atoms with Crippen molar-refractivity contribution < 1.29 is 14.3 Å². The Balaban J connectivity index is 2.05. The van der Waals surface area contributed by atoms with Crippen LogP contribution in [-0.4, -0.2) is 55.0 Å².